The number of carbonyl (C=O) groups excluding carboxylic acids is 1. The van der Waals surface area contributed by atoms with Crippen molar-refractivity contribution < 1.29 is 14.6 Å². The molecule has 14 heavy (non-hydrogen) atoms. The Labute approximate surface area is 85.6 Å². The number of rotatable bonds is 7. The van der Waals surface area contributed by atoms with Gasteiger partial charge in [0.15, 0.2) is 0 Å². The van der Waals surface area contributed by atoms with E-state index in [1.54, 1.807) is 6.92 Å². The van der Waals surface area contributed by atoms with E-state index in [9.17, 15) is 4.79 Å². The van der Waals surface area contributed by atoms with Crippen LogP contribution in [0.25, 0.3) is 0 Å². The molecular weight excluding hydrogens is 182 g/mol. The summed E-state index contributed by atoms with van der Waals surface area (Å²) in [6.07, 6.45) is 0.853. The lowest BCUT2D eigenvalue weighted by atomic mass is 10.1. The monoisotopic (exact) mass is 203 g/mol. The zero-order chi connectivity index (χ0) is 11.0. The average Bonchev–Trinajstić information content (AvgIpc) is 2.19. The van der Waals surface area contributed by atoms with Gasteiger partial charge < -0.3 is 15.2 Å². The van der Waals surface area contributed by atoms with Crippen molar-refractivity contribution in [2.45, 2.75) is 33.2 Å². The number of aliphatic hydroxyl groups is 1. The van der Waals surface area contributed by atoms with Crippen LogP contribution in [0.1, 0.15) is 27.2 Å². The Bertz CT molecular complexity index is 157. The number of carbonyl (C=O) groups is 1. The summed E-state index contributed by atoms with van der Waals surface area (Å²) >= 11 is 0. The van der Waals surface area contributed by atoms with E-state index < -0.39 is 0 Å². The molecule has 0 aromatic heterocycles. The molecule has 0 bridgehead atoms. The zero-order valence-electron chi connectivity index (χ0n) is 9.25. The summed E-state index contributed by atoms with van der Waals surface area (Å²) in [6.45, 7) is 6.67. The van der Waals surface area contributed by atoms with Gasteiger partial charge in [-0.2, -0.15) is 0 Å². The second-order valence-corrected chi connectivity index (χ2v) is 3.35. The van der Waals surface area contributed by atoms with Crippen molar-refractivity contribution in [1.29, 1.82) is 0 Å². The van der Waals surface area contributed by atoms with Gasteiger partial charge in [0.2, 0.25) is 0 Å². The summed E-state index contributed by atoms with van der Waals surface area (Å²) in [5, 5.41) is 12.0. The molecule has 0 saturated heterocycles. The minimum atomic E-state index is -0.187. The van der Waals surface area contributed by atoms with E-state index in [1.807, 2.05) is 13.8 Å². The van der Waals surface area contributed by atoms with Crippen LogP contribution in [0.4, 0.5) is 0 Å². The molecule has 4 heteroatoms. The third kappa shape index (κ3) is 5.19. The van der Waals surface area contributed by atoms with Gasteiger partial charge >= 0.3 is 5.97 Å². The molecule has 0 spiro atoms. The second kappa shape index (κ2) is 7.76. The van der Waals surface area contributed by atoms with Crippen LogP contribution in [0.2, 0.25) is 0 Å². The standard InChI is InChI=1S/C10H21NO3/c1-4-9(7-12)11-6-8(3)10(13)14-5-2/h8-9,11-12H,4-7H2,1-3H3. The normalized spacial score (nSPS) is 14.9. The maximum absolute atomic E-state index is 11.2. The summed E-state index contributed by atoms with van der Waals surface area (Å²) < 4.78 is 4.86. The minimum absolute atomic E-state index is 0.0758. The third-order valence-corrected chi connectivity index (χ3v) is 2.11. The van der Waals surface area contributed by atoms with E-state index >= 15 is 0 Å². The van der Waals surface area contributed by atoms with Crippen molar-refractivity contribution >= 4 is 5.97 Å². The molecule has 0 rings (SSSR count). The molecule has 0 aliphatic rings. The zero-order valence-corrected chi connectivity index (χ0v) is 9.25. The van der Waals surface area contributed by atoms with Crippen LogP contribution in [-0.2, 0) is 9.53 Å². The van der Waals surface area contributed by atoms with Crippen LogP contribution in [-0.4, -0.2) is 36.9 Å². The summed E-state index contributed by atoms with van der Waals surface area (Å²) in [4.78, 5) is 11.2. The van der Waals surface area contributed by atoms with Crippen LogP contribution >= 0.6 is 0 Å². The molecule has 0 aliphatic carbocycles. The van der Waals surface area contributed by atoms with E-state index in [0.717, 1.165) is 6.42 Å². The molecular formula is C10H21NO3. The second-order valence-electron chi connectivity index (χ2n) is 3.35. The van der Waals surface area contributed by atoms with E-state index in [-0.39, 0.29) is 24.5 Å². The Hall–Kier alpha value is -0.610. The SMILES string of the molecule is CCOC(=O)C(C)CNC(CC)CO. The van der Waals surface area contributed by atoms with Crippen LogP contribution < -0.4 is 5.32 Å². The van der Waals surface area contributed by atoms with Crippen molar-refractivity contribution in [2.24, 2.45) is 5.92 Å². The highest BCUT2D eigenvalue weighted by molar-refractivity contribution is 5.72. The Morgan fingerprint density at radius 1 is 1.50 bits per heavy atom. The van der Waals surface area contributed by atoms with Crippen LogP contribution in [0.3, 0.4) is 0 Å². The third-order valence-electron chi connectivity index (χ3n) is 2.11. The number of hydrogen-bond acceptors (Lipinski definition) is 4. The van der Waals surface area contributed by atoms with Gasteiger partial charge in [-0.05, 0) is 13.3 Å². The largest absolute Gasteiger partial charge is 0.466 e. The van der Waals surface area contributed by atoms with Crippen molar-refractivity contribution in [1.82, 2.24) is 5.32 Å². The lowest BCUT2D eigenvalue weighted by molar-refractivity contribution is -0.147. The first-order chi connectivity index (χ1) is 6.65. The fourth-order valence-corrected chi connectivity index (χ4v) is 1.05. The molecule has 84 valence electrons. The van der Waals surface area contributed by atoms with E-state index in [4.69, 9.17) is 9.84 Å². The van der Waals surface area contributed by atoms with E-state index in [0.29, 0.717) is 13.2 Å². The Balaban J connectivity index is 3.71. The van der Waals surface area contributed by atoms with Gasteiger partial charge in [0.1, 0.15) is 0 Å². The van der Waals surface area contributed by atoms with Gasteiger partial charge in [-0.25, -0.2) is 0 Å². The molecule has 2 unspecified atom stereocenters. The van der Waals surface area contributed by atoms with Crippen molar-refractivity contribution in [3.63, 3.8) is 0 Å². The summed E-state index contributed by atoms with van der Waals surface area (Å²) in [7, 11) is 0. The molecule has 0 aromatic carbocycles. The van der Waals surface area contributed by atoms with Crippen molar-refractivity contribution in [3.05, 3.63) is 0 Å². The highest BCUT2D eigenvalue weighted by atomic mass is 16.5. The minimum Gasteiger partial charge on any atom is -0.466 e. The van der Waals surface area contributed by atoms with Crippen molar-refractivity contribution in [3.8, 4) is 0 Å². The van der Waals surface area contributed by atoms with Crippen LogP contribution in [0.5, 0.6) is 0 Å². The van der Waals surface area contributed by atoms with E-state index in [1.165, 1.54) is 0 Å². The first-order valence-electron chi connectivity index (χ1n) is 5.16. The maximum atomic E-state index is 11.2. The molecule has 0 amide bonds. The van der Waals surface area contributed by atoms with Crippen LogP contribution in [0.15, 0.2) is 0 Å². The first-order valence-corrected chi connectivity index (χ1v) is 5.16. The Kier molecular flexibility index (Phi) is 7.42. The summed E-state index contributed by atoms with van der Waals surface area (Å²) in [5.41, 5.74) is 0. The molecule has 0 fully saturated rings. The van der Waals surface area contributed by atoms with Gasteiger partial charge in [-0.1, -0.05) is 13.8 Å². The Morgan fingerprint density at radius 2 is 2.14 bits per heavy atom. The maximum Gasteiger partial charge on any atom is 0.309 e. The summed E-state index contributed by atoms with van der Waals surface area (Å²) in [6, 6.07) is 0.0758. The molecule has 0 heterocycles. The highest BCUT2D eigenvalue weighted by Crippen LogP contribution is 1.98. The predicted octanol–water partition coefficient (Wildman–Crippen LogP) is 0.546. The molecule has 0 radical (unpaired) electrons. The van der Waals surface area contributed by atoms with Crippen LogP contribution in [0, 0.1) is 5.92 Å². The molecule has 0 aromatic rings. The van der Waals surface area contributed by atoms with Gasteiger partial charge in [0, 0.05) is 12.6 Å². The predicted molar refractivity (Wildman–Crippen MR) is 55.0 cm³/mol. The average molecular weight is 203 g/mol. The van der Waals surface area contributed by atoms with Crippen molar-refractivity contribution in [2.75, 3.05) is 19.8 Å². The molecule has 0 aliphatic heterocycles. The quantitative estimate of drug-likeness (QED) is 0.593. The number of hydrogen-bond donors (Lipinski definition) is 2. The Morgan fingerprint density at radius 3 is 2.57 bits per heavy atom. The van der Waals surface area contributed by atoms with Gasteiger partial charge in [-0.3, -0.25) is 4.79 Å². The number of aliphatic hydroxyl groups excluding tert-OH is 1. The molecule has 2 N–H and O–H groups in total. The molecule has 2 atom stereocenters. The van der Waals surface area contributed by atoms with Gasteiger partial charge in [-0.15, -0.1) is 0 Å². The summed E-state index contributed by atoms with van der Waals surface area (Å²) in [5.74, 6) is -0.344. The fraction of sp³-hybridized carbons (Fsp3) is 0.900. The highest BCUT2D eigenvalue weighted by Gasteiger charge is 2.14. The number of esters is 1. The van der Waals surface area contributed by atoms with Gasteiger partial charge in [0.05, 0.1) is 19.1 Å². The van der Waals surface area contributed by atoms with E-state index in [2.05, 4.69) is 5.32 Å². The fourth-order valence-electron chi connectivity index (χ4n) is 1.05. The lowest BCUT2D eigenvalue weighted by Crippen LogP contribution is -2.37. The molecule has 0 saturated carbocycles. The number of nitrogens with one attached hydrogen (secondary N) is 1. The first kappa shape index (κ1) is 13.4. The smallest absolute Gasteiger partial charge is 0.309 e. The number of ether oxygens (including phenoxy) is 1. The molecule has 4 nitrogen and oxygen atoms in total. The van der Waals surface area contributed by atoms with Gasteiger partial charge in [0.25, 0.3) is 0 Å². The lowest BCUT2D eigenvalue weighted by Gasteiger charge is -2.16. The topological polar surface area (TPSA) is 58.6 Å².